The number of ether oxygens (including phenoxy) is 1. The number of rotatable bonds is 5. The van der Waals surface area contributed by atoms with Gasteiger partial charge in [0.15, 0.2) is 0 Å². The van der Waals surface area contributed by atoms with E-state index in [-0.39, 0.29) is 4.87 Å². The average molecular weight is 250 g/mol. The third-order valence-electron chi connectivity index (χ3n) is 2.42. The van der Waals surface area contributed by atoms with Gasteiger partial charge in [-0.25, -0.2) is 4.68 Å². The van der Waals surface area contributed by atoms with Crippen molar-refractivity contribution >= 4 is 11.3 Å². The van der Waals surface area contributed by atoms with Crippen LogP contribution in [-0.2, 0) is 6.54 Å². The van der Waals surface area contributed by atoms with Crippen molar-refractivity contribution in [3.05, 3.63) is 45.0 Å². The summed E-state index contributed by atoms with van der Waals surface area (Å²) in [6.07, 6.45) is 0.776. The topological polar surface area (TPSA) is 44.1 Å². The van der Waals surface area contributed by atoms with Crippen LogP contribution in [0.3, 0.4) is 0 Å². The molecule has 0 aliphatic carbocycles. The van der Waals surface area contributed by atoms with E-state index in [1.807, 2.05) is 31.2 Å². The van der Waals surface area contributed by atoms with Gasteiger partial charge < -0.3 is 4.74 Å². The summed E-state index contributed by atoms with van der Waals surface area (Å²) >= 11 is 1.12. The molecule has 0 fully saturated rings. The lowest BCUT2D eigenvalue weighted by atomic mass is 10.2. The highest BCUT2D eigenvalue weighted by Gasteiger charge is 2.00. The Bertz CT molecular complexity index is 533. The van der Waals surface area contributed by atoms with E-state index in [1.165, 1.54) is 4.68 Å². The maximum atomic E-state index is 11.2. The van der Waals surface area contributed by atoms with Crippen LogP contribution in [-0.4, -0.2) is 16.4 Å². The normalized spacial score (nSPS) is 10.4. The van der Waals surface area contributed by atoms with Gasteiger partial charge in [0.25, 0.3) is 0 Å². The number of nitrogens with zero attached hydrogens (tertiary/aromatic N) is 2. The minimum Gasteiger partial charge on any atom is -0.493 e. The predicted molar refractivity (Wildman–Crippen MR) is 67.7 cm³/mol. The standard InChI is InChI=1S/C12H14N2O2S/c1-10-5-2-3-6-11(10)16-8-4-7-14-12(15)17-9-13-14/h2-3,5-6,9H,4,7-8H2,1H3. The van der Waals surface area contributed by atoms with Crippen LogP contribution >= 0.6 is 11.3 Å². The molecule has 5 heteroatoms. The second kappa shape index (κ2) is 5.63. The molecule has 1 aromatic carbocycles. The van der Waals surface area contributed by atoms with Crippen LogP contribution < -0.4 is 9.61 Å². The highest BCUT2D eigenvalue weighted by molar-refractivity contribution is 7.06. The van der Waals surface area contributed by atoms with E-state index in [4.69, 9.17) is 4.74 Å². The fraction of sp³-hybridized carbons (Fsp3) is 0.333. The summed E-state index contributed by atoms with van der Waals surface area (Å²) < 4.78 is 7.10. The summed E-state index contributed by atoms with van der Waals surface area (Å²) in [4.78, 5) is 11.2. The van der Waals surface area contributed by atoms with Crippen LogP contribution in [0, 0.1) is 6.92 Å². The van der Waals surface area contributed by atoms with Gasteiger partial charge in [0.05, 0.1) is 6.61 Å². The number of benzene rings is 1. The summed E-state index contributed by atoms with van der Waals surface area (Å²) in [5, 5.41) is 3.95. The minimum atomic E-state index is -0.0131. The Hall–Kier alpha value is -1.62. The molecule has 17 heavy (non-hydrogen) atoms. The van der Waals surface area contributed by atoms with Gasteiger partial charge in [-0.2, -0.15) is 5.10 Å². The molecule has 0 unspecified atom stereocenters. The molecule has 90 valence electrons. The van der Waals surface area contributed by atoms with E-state index in [0.29, 0.717) is 13.2 Å². The lowest BCUT2D eigenvalue weighted by molar-refractivity contribution is 0.296. The Balaban J connectivity index is 1.79. The maximum Gasteiger partial charge on any atom is 0.324 e. The van der Waals surface area contributed by atoms with Crippen LogP contribution in [0.15, 0.2) is 34.6 Å². The number of hydrogen-bond donors (Lipinski definition) is 0. The fourth-order valence-electron chi connectivity index (χ4n) is 1.50. The molecule has 4 nitrogen and oxygen atoms in total. The van der Waals surface area contributed by atoms with Crippen molar-refractivity contribution in [3.63, 3.8) is 0 Å². The van der Waals surface area contributed by atoms with E-state index in [9.17, 15) is 4.79 Å². The summed E-state index contributed by atoms with van der Waals surface area (Å²) in [6.45, 7) is 3.21. The zero-order chi connectivity index (χ0) is 12.1. The molecule has 0 amide bonds. The minimum absolute atomic E-state index is 0.0131. The SMILES string of the molecule is Cc1ccccc1OCCCn1ncsc1=O. The quantitative estimate of drug-likeness (QED) is 0.763. The molecule has 0 saturated carbocycles. The zero-order valence-electron chi connectivity index (χ0n) is 9.63. The summed E-state index contributed by atoms with van der Waals surface area (Å²) in [7, 11) is 0. The lowest BCUT2D eigenvalue weighted by Crippen LogP contribution is -2.16. The fourth-order valence-corrected chi connectivity index (χ4v) is 2.01. The van der Waals surface area contributed by atoms with Gasteiger partial charge >= 0.3 is 4.87 Å². The molecule has 0 aliphatic heterocycles. The van der Waals surface area contributed by atoms with Crippen molar-refractivity contribution in [3.8, 4) is 5.75 Å². The first-order valence-corrected chi connectivity index (χ1v) is 6.34. The van der Waals surface area contributed by atoms with Crippen molar-refractivity contribution in [2.75, 3.05) is 6.61 Å². The molecule has 0 N–H and O–H groups in total. The summed E-state index contributed by atoms with van der Waals surface area (Å²) in [6, 6.07) is 7.90. The number of aromatic nitrogens is 2. The van der Waals surface area contributed by atoms with Gasteiger partial charge in [-0.3, -0.25) is 4.79 Å². The van der Waals surface area contributed by atoms with E-state index in [2.05, 4.69) is 5.10 Å². The molecule has 0 spiro atoms. The van der Waals surface area contributed by atoms with E-state index in [0.717, 1.165) is 29.1 Å². The van der Waals surface area contributed by atoms with Gasteiger partial charge in [-0.05, 0) is 18.6 Å². The third-order valence-corrected chi connectivity index (χ3v) is 3.03. The first kappa shape index (κ1) is 11.9. The highest BCUT2D eigenvalue weighted by atomic mass is 32.1. The average Bonchev–Trinajstić information content (AvgIpc) is 2.73. The molecule has 1 aromatic heterocycles. The predicted octanol–water partition coefficient (Wildman–Crippen LogP) is 2.08. The molecular formula is C12H14N2O2S. The van der Waals surface area contributed by atoms with E-state index < -0.39 is 0 Å². The molecule has 0 aliphatic rings. The van der Waals surface area contributed by atoms with Crippen molar-refractivity contribution in [1.29, 1.82) is 0 Å². The van der Waals surface area contributed by atoms with Crippen molar-refractivity contribution in [2.24, 2.45) is 0 Å². The van der Waals surface area contributed by atoms with Gasteiger partial charge in [-0.1, -0.05) is 29.5 Å². The van der Waals surface area contributed by atoms with Crippen LogP contribution in [0.2, 0.25) is 0 Å². The Labute approximate surface area is 103 Å². The second-order valence-electron chi connectivity index (χ2n) is 3.70. The van der Waals surface area contributed by atoms with Gasteiger partial charge in [0.2, 0.25) is 0 Å². The maximum absolute atomic E-state index is 11.2. The summed E-state index contributed by atoms with van der Waals surface area (Å²) in [5.74, 6) is 0.901. The molecule has 2 rings (SSSR count). The number of para-hydroxylation sites is 1. The number of aryl methyl sites for hydroxylation is 2. The van der Waals surface area contributed by atoms with Gasteiger partial charge in [-0.15, -0.1) is 0 Å². The second-order valence-corrected chi connectivity index (χ2v) is 4.49. The lowest BCUT2D eigenvalue weighted by Gasteiger charge is -2.08. The van der Waals surface area contributed by atoms with E-state index in [1.54, 1.807) is 5.51 Å². The van der Waals surface area contributed by atoms with E-state index >= 15 is 0 Å². The van der Waals surface area contributed by atoms with Crippen LogP contribution in [0.25, 0.3) is 0 Å². The van der Waals surface area contributed by atoms with Gasteiger partial charge in [0, 0.05) is 13.0 Å². The molecule has 1 heterocycles. The van der Waals surface area contributed by atoms with Crippen molar-refractivity contribution < 1.29 is 4.74 Å². The Morgan fingerprint density at radius 1 is 1.41 bits per heavy atom. The Kier molecular flexibility index (Phi) is 3.93. The molecule has 2 aromatic rings. The van der Waals surface area contributed by atoms with Crippen LogP contribution in [0.4, 0.5) is 0 Å². The van der Waals surface area contributed by atoms with Gasteiger partial charge in [0.1, 0.15) is 11.3 Å². The Morgan fingerprint density at radius 2 is 2.24 bits per heavy atom. The highest BCUT2D eigenvalue weighted by Crippen LogP contribution is 2.16. The Morgan fingerprint density at radius 3 is 2.94 bits per heavy atom. The molecule has 0 radical (unpaired) electrons. The third kappa shape index (κ3) is 3.17. The number of hydrogen-bond acceptors (Lipinski definition) is 4. The molecule has 0 atom stereocenters. The molecule has 0 bridgehead atoms. The summed E-state index contributed by atoms with van der Waals surface area (Å²) in [5.41, 5.74) is 2.68. The van der Waals surface area contributed by atoms with Crippen molar-refractivity contribution in [2.45, 2.75) is 19.9 Å². The molecular weight excluding hydrogens is 236 g/mol. The van der Waals surface area contributed by atoms with Crippen LogP contribution in [0.5, 0.6) is 5.75 Å². The molecule has 0 saturated heterocycles. The first-order valence-electron chi connectivity index (χ1n) is 5.46. The van der Waals surface area contributed by atoms with Crippen LogP contribution in [0.1, 0.15) is 12.0 Å². The largest absolute Gasteiger partial charge is 0.493 e. The van der Waals surface area contributed by atoms with Crippen molar-refractivity contribution in [1.82, 2.24) is 9.78 Å². The first-order chi connectivity index (χ1) is 8.27. The zero-order valence-corrected chi connectivity index (χ0v) is 10.4. The smallest absolute Gasteiger partial charge is 0.324 e. The monoisotopic (exact) mass is 250 g/mol.